The van der Waals surface area contributed by atoms with E-state index in [0.29, 0.717) is 6.10 Å². The highest BCUT2D eigenvalue weighted by Crippen LogP contribution is 2.29. The zero-order chi connectivity index (χ0) is 9.26. The molecule has 2 heteroatoms. The van der Waals surface area contributed by atoms with Crippen molar-refractivity contribution in [2.24, 2.45) is 0 Å². The lowest BCUT2D eigenvalue weighted by Gasteiger charge is -2.06. The van der Waals surface area contributed by atoms with Crippen molar-refractivity contribution in [2.75, 3.05) is 0 Å². The van der Waals surface area contributed by atoms with Crippen LogP contribution in [0.3, 0.4) is 0 Å². The number of hydrogen-bond donors (Lipinski definition) is 0. The summed E-state index contributed by atoms with van der Waals surface area (Å²) < 4.78 is 5.66. The molecule has 70 valence electrons. The fraction of sp³-hybridized carbons (Fsp3) is 0.455. The van der Waals surface area contributed by atoms with Gasteiger partial charge < -0.3 is 4.74 Å². The summed E-state index contributed by atoms with van der Waals surface area (Å²) >= 11 is 5.95. The standard InChI is InChI=1S/C11H13ClO/c1-2-8-5-9(12)7-11(6-8)13-10-3-4-10/h5-7,10H,2-4H2,1H3. The van der Waals surface area contributed by atoms with Gasteiger partial charge in [-0.2, -0.15) is 0 Å². The van der Waals surface area contributed by atoms with E-state index in [1.165, 1.54) is 18.4 Å². The van der Waals surface area contributed by atoms with Crippen LogP contribution in [0.1, 0.15) is 25.3 Å². The highest BCUT2D eigenvalue weighted by Gasteiger charge is 2.23. The molecule has 0 spiro atoms. The topological polar surface area (TPSA) is 9.23 Å². The molecule has 1 saturated carbocycles. The van der Waals surface area contributed by atoms with Gasteiger partial charge in [0.15, 0.2) is 0 Å². The second kappa shape index (κ2) is 3.59. The Kier molecular flexibility index (Phi) is 2.45. The predicted molar refractivity (Wildman–Crippen MR) is 54.5 cm³/mol. The summed E-state index contributed by atoms with van der Waals surface area (Å²) in [5, 5.41) is 0.773. The van der Waals surface area contributed by atoms with E-state index in [1.807, 2.05) is 12.1 Å². The maximum Gasteiger partial charge on any atom is 0.121 e. The summed E-state index contributed by atoms with van der Waals surface area (Å²) in [6, 6.07) is 5.95. The molecular weight excluding hydrogens is 184 g/mol. The first-order valence-electron chi connectivity index (χ1n) is 4.74. The van der Waals surface area contributed by atoms with Crippen LogP contribution in [0.4, 0.5) is 0 Å². The smallest absolute Gasteiger partial charge is 0.121 e. The van der Waals surface area contributed by atoms with Gasteiger partial charge in [-0.25, -0.2) is 0 Å². The van der Waals surface area contributed by atoms with E-state index in [-0.39, 0.29) is 0 Å². The molecule has 1 fully saturated rings. The fourth-order valence-electron chi connectivity index (χ4n) is 1.27. The number of aryl methyl sites for hydroxylation is 1. The Morgan fingerprint density at radius 2 is 2.15 bits per heavy atom. The van der Waals surface area contributed by atoms with Gasteiger partial charge in [-0.05, 0) is 43.0 Å². The summed E-state index contributed by atoms with van der Waals surface area (Å²) in [6.45, 7) is 2.12. The van der Waals surface area contributed by atoms with Crippen LogP contribution in [0.5, 0.6) is 5.75 Å². The summed E-state index contributed by atoms with van der Waals surface area (Å²) in [5.74, 6) is 0.923. The van der Waals surface area contributed by atoms with Gasteiger partial charge >= 0.3 is 0 Å². The van der Waals surface area contributed by atoms with Crippen molar-refractivity contribution in [3.63, 3.8) is 0 Å². The molecule has 0 aliphatic heterocycles. The summed E-state index contributed by atoms with van der Waals surface area (Å²) in [7, 11) is 0. The number of hydrogen-bond acceptors (Lipinski definition) is 1. The van der Waals surface area contributed by atoms with Crippen molar-refractivity contribution in [2.45, 2.75) is 32.3 Å². The van der Waals surface area contributed by atoms with E-state index in [1.54, 1.807) is 0 Å². The molecule has 1 nitrogen and oxygen atoms in total. The Labute approximate surface area is 83.7 Å². The first-order valence-corrected chi connectivity index (χ1v) is 5.12. The van der Waals surface area contributed by atoms with E-state index in [0.717, 1.165) is 17.2 Å². The Hall–Kier alpha value is -0.690. The normalized spacial score (nSPS) is 15.8. The maximum absolute atomic E-state index is 5.95. The second-order valence-corrected chi connectivity index (χ2v) is 3.90. The van der Waals surface area contributed by atoms with Crippen LogP contribution < -0.4 is 4.74 Å². The van der Waals surface area contributed by atoms with Gasteiger partial charge in [0.1, 0.15) is 5.75 Å². The minimum Gasteiger partial charge on any atom is -0.490 e. The van der Waals surface area contributed by atoms with Crippen molar-refractivity contribution >= 4 is 11.6 Å². The van der Waals surface area contributed by atoms with Crippen molar-refractivity contribution < 1.29 is 4.74 Å². The van der Waals surface area contributed by atoms with Crippen molar-refractivity contribution in [3.8, 4) is 5.75 Å². The lowest BCUT2D eigenvalue weighted by Crippen LogP contribution is -1.96. The monoisotopic (exact) mass is 196 g/mol. The molecule has 1 aliphatic rings. The van der Waals surface area contributed by atoms with Gasteiger partial charge in [-0.15, -0.1) is 0 Å². The number of ether oxygens (including phenoxy) is 1. The first kappa shape index (κ1) is 8.89. The molecular formula is C11H13ClO. The van der Waals surface area contributed by atoms with Crippen LogP contribution in [0, 0.1) is 0 Å². The van der Waals surface area contributed by atoms with E-state index in [9.17, 15) is 0 Å². The van der Waals surface area contributed by atoms with Crippen LogP contribution in [0.25, 0.3) is 0 Å². The Morgan fingerprint density at radius 3 is 2.77 bits per heavy atom. The van der Waals surface area contributed by atoms with Gasteiger partial charge in [0.05, 0.1) is 6.10 Å². The molecule has 0 N–H and O–H groups in total. The predicted octanol–water partition coefficient (Wildman–Crippen LogP) is 3.44. The molecule has 0 saturated heterocycles. The third-order valence-electron chi connectivity index (χ3n) is 2.17. The van der Waals surface area contributed by atoms with E-state index < -0.39 is 0 Å². The van der Waals surface area contributed by atoms with Crippen molar-refractivity contribution in [1.82, 2.24) is 0 Å². The molecule has 1 aliphatic carbocycles. The molecule has 0 unspecified atom stereocenters. The molecule has 0 heterocycles. The van der Waals surface area contributed by atoms with Crippen LogP contribution >= 0.6 is 11.6 Å². The van der Waals surface area contributed by atoms with Crippen LogP contribution in [0.15, 0.2) is 18.2 Å². The van der Waals surface area contributed by atoms with Gasteiger partial charge in [-0.3, -0.25) is 0 Å². The number of halogens is 1. The molecule has 0 radical (unpaired) electrons. The largest absolute Gasteiger partial charge is 0.490 e. The highest BCUT2D eigenvalue weighted by molar-refractivity contribution is 6.30. The summed E-state index contributed by atoms with van der Waals surface area (Å²) in [4.78, 5) is 0. The average molecular weight is 197 g/mol. The maximum atomic E-state index is 5.95. The number of rotatable bonds is 3. The van der Waals surface area contributed by atoms with Crippen LogP contribution in [-0.4, -0.2) is 6.10 Å². The van der Waals surface area contributed by atoms with E-state index in [2.05, 4.69) is 13.0 Å². The molecule has 0 aromatic heterocycles. The van der Waals surface area contributed by atoms with Gasteiger partial charge in [0.25, 0.3) is 0 Å². The molecule has 2 rings (SSSR count). The van der Waals surface area contributed by atoms with Crippen molar-refractivity contribution in [3.05, 3.63) is 28.8 Å². The molecule has 13 heavy (non-hydrogen) atoms. The van der Waals surface area contributed by atoms with Crippen LogP contribution in [-0.2, 0) is 6.42 Å². The Bertz CT molecular complexity index is 305. The lowest BCUT2D eigenvalue weighted by atomic mass is 10.2. The fourth-order valence-corrected chi connectivity index (χ4v) is 1.52. The third-order valence-corrected chi connectivity index (χ3v) is 2.38. The van der Waals surface area contributed by atoms with E-state index in [4.69, 9.17) is 16.3 Å². The Balaban J connectivity index is 2.17. The minimum absolute atomic E-state index is 0.447. The molecule has 0 bridgehead atoms. The minimum atomic E-state index is 0.447. The highest BCUT2D eigenvalue weighted by atomic mass is 35.5. The van der Waals surface area contributed by atoms with Gasteiger partial charge in [0.2, 0.25) is 0 Å². The summed E-state index contributed by atoms with van der Waals surface area (Å²) in [6.07, 6.45) is 3.83. The van der Waals surface area contributed by atoms with E-state index >= 15 is 0 Å². The SMILES string of the molecule is CCc1cc(Cl)cc(OC2CC2)c1. The average Bonchev–Trinajstić information content (AvgIpc) is 2.87. The molecule has 1 aromatic rings. The summed E-state index contributed by atoms with van der Waals surface area (Å²) in [5.41, 5.74) is 1.24. The third kappa shape index (κ3) is 2.38. The lowest BCUT2D eigenvalue weighted by molar-refractivity contribution is 0.303. The molecule has 1 aromatic carbocycles. The second-order valence-electron chi connectivity index (χ2n) is 3.47. The number of benzene rings is 1. The molecule has 0 amide bonds. The van der Waals surface area contributed by atoms with Crippen LogP contribution in [0.2, 0.25) is 5.02 Å². The first-order chi connectivity index (χ1) is 6.28. The van der Waals surface area contributed by atoms with Gasteiger partial charge in [0, 0.05) is 5.02 Å². The molecule has 0 atom stereocenters. The zero-order valence-electron chi connectivity index (χ0n) is 7.72. The quantitative estimate of drug-likeness (QED) is 0.720. The Morgan fingerprint density at radius 1 is 1.38 bits per heavy atom. The van der Waals surface area contributed by atoms with Gasteiger partial charge in [-0.1, -0.05) is 18.5 Å². The van der Waals surface area contributed by atoms with Crippen molar-refractivity contribution in [1.29, 1.82) is 0 Å². The zero-order valence-corrected chi connectivity index (χ0v) is 8.47.